The van der Waals surface area contributed by atoms with Crippen molar-refractivity contribution >= 4 is 0 Å². The van der Waals surface area contributed by atoms with E-state index in [1.807, 2.05) is 18.7 Å². The molecule has 1 rings (SSSR count). The Hall–Kier alpha value is -0.233. The molecule has 1 heterocycles. The zero-order valence-corrected chi connectivity index (χ0v) is 13.0. The van der Waals surface area contributed by atoms with Crippen LogP contribution in [0.5, 0.6) is 0 Å². The largest absolute Gasteiger partial charge is 1.00 e. The SMILES string of the molecule is CCCCCCCCCC(OCC)n1ccnc1.[H-].[Li+]. The number of imidazole rings is 1. The molecule has 0 radical (unpaired) electrons. The molecule has 0 aliphatic carbocycles. The topological polar surface area (TPSA) is 27.1 Å². The number of nitrogens with zero attached hydrogens (tertiary/aromatic N) is 2. The van der Waals surface area contributed by atoms with Gasteiger partial charge in [-0.3, -0.25) is 0 Å². The molecule has 3 nitrogen and oxygen atoms in total. The minimum absolute atomic E-state index is 0. The minimum Gasteiger partial charge on any atom is -1.00 e. The zero-order chi connectivity index (χ0) is 13.1. The van der Waals surface area contributed by atoms with Crippen molar-refractivity contribution < 1.29 is 25.0 Å². The fourth-order valence-corrected chi connectivity index (χ4v) is 2.23. The van der Waals surface area contributed by atoms with Crippen molar-refractivity contribution in [1.82, 2.24) is 9.55 Å². The van der Waals surface area contributed by atoms with Crippen LogP contribution in [-0.4, -0.2) is 16.2 Å². The van der Waals surface area contributed by atoms with Crippen molar-refractivity contribution in [3.8, 4) is 0 Å². The van der Waals surface area contributed by atoms with Gasteiger partial charge in [-0.1, -0.05) is 45.4 Å². The summed E-state index contributed by atoms with van der Waals surface area (Å²) in [6.45, 7) is 5.08. The van der Waals surface area contributed by atoms with Crippen LogP contribution in [0, 0.1) is 0 Å². The van der Waals surface area contributed by atoms with Crippen molar-refractivity contribution in [2.75, 3.05) is 6.61 Å². The first-order valence-electron chi connectivity index (χ1n) is 7.47. The zero-order valence-electron chi connectivity index (χ0n) is 14.0. The maximum Gasteiger partial charge on any atom is 1.00 e. The van der Waals surface area contributed by atoms with Gasteiger partial charge in [0.15, 0.2) is 0 Å². The molecule has 0 saturated carbocycles. The van der Waals surface area contributed by atoms with Gasteiger partial charge in [0.2, 0.25) is 0 Å². The van der Waals surface area contributed by atoms with Crippen LogP contribution in [-0.2, 0) is 4.74 Å². The molecule has 1 aromatic rings. The van der Waals surface area contributed by atoms with Gasteiger partial charge in [-0.2, -0.15) is 0 Å². The number of rotatable bonds is 11. The summed E-state index contributed by atoms with van der Waals surface area (Å²) in [6, 6.07) is 0. The fraction of sp³-hybridized carbons (Fsp3) is 0.800. The molecule has 0 bridgehead atoms. The number of ether oxygens (including phenoxy) is 1. The van der Waals surface area contributed by atoms with E-state index in [0.717, 1.165) is 13.0 Å². The van der Waals surface area contributed by atoms with Crippen LogP contribution in [0.2, 0.25) is 0 Å². The summed E-state index contributed by atoms with van der Waals surface area (Å²) in [4.78, 5) is 4.09. The number of aromatic nitrogens is 2. The van der Waals surface area contributed by atoms with Crippen LogP contribution in [0.15, 0.2) is 18.7 Å². The van der Waals surface area contributed by atoms with Gasteiger partial charge in [-0.15, -0.1) is 0 Å². The van der Waals surface area contributed by atoms with Gasteiger partial charge >= 0.3 is 18.9 Å². The van der Waals surface area contributed by atoms with Gasteiger partial charge in [0.1, 0.15) is 6.23 Å². The molecule has 1 aromatic heterocycles. The predicted octanol–water partition coefficient (Wildman–Crippen LogP) is 1.68. The number of unbranched alkanes of at least 4 members (excludes halogenated alkanes) is 6. The van der Waals surface area contributed by atoms with E-state index in [0.29, 0.717) is 0 Å². The smallest absolute Gasteiger partial charge is 1.00 e. The third-order valence-electron chi connectivity index (χ3n) is 3.27. The Bertz CT molecular complexity index is 283. The van der Waals surface area contributed by atoms with E-state index in [-0.39, 0.29) is 26.5 Å². The van der Waals surface area contributed by atoms with Crippen molar-refractivity contribution in [1.29, 1.82) is 0 Å². The first-order chi connectivity index (χ1) is 8.88. The van der Waals surface area contributed by atoms with Gasteiger partial charge in [0, 0.05) is 19.0 Å². The second-order valence-electron chi connectivity index (χ2n) is 4.83. The summed E-state index contributed by atoms with van der Waals surface area (Å²) in [5.41, 5.74) is 0. The first-order valence-corrected chi connectivity index (χ1v) is 7.47. The average Bonchev–Trinajstić information content (AvgIpc) is 2.90. The summed E-state index contributed by atoms with van der Waals surface area (Å²) in [5, 5.41) is 0. The number of hydrogen-bond donors (Lipinski definition) is 0. The molecule has 106 valence electrons. The second kappa shape index (κ2) is 12.8. The molecular weight excluding hydrogens is 231 g/mol. The molecule has 1 atom stereocenters. The van der Waals surface area contributed by atoms with Crippen molar-refractivity contribution in [2.45, 2.75) is 71.4 Å². The Morgan fingerprint density at radius 1 is 1.11 bits per heavy atom. The molecule has 1 unspecified atom stereocenters. The van der Waals surface area contributed by atoms with Crippen LogP contribution in [0.1, 0.15) is 72.9 Å². The monoisotopic (exact) mass is 260 g/mol. The van der Waals surface area contributed by atoms with E-state index in [2.05, 4.69) is 23.4 Å². The standard InChI is InChI=1S/C15H28N2O.Li.H/c1-3-5-6-7-8-9-10-11-15(18-4-2)17-13-12-16-14-17;;/h12-15H,3-11H2,1-2H3;;/q;+1;-1. The van der Waals surface area contributed by atoms with E-state index >= 15 is 0 Å². The molecular formula is C15H29LiN2O. The third kappa shape index (κ3) is 8.52. The molecule has 0 aliphatic heterocycles. The van der Waals surface area contributed by atoms with Crippen LogP contribution >= 0.6 is 0 Å². The maximum absolute atomic E-state index is 5.75. The van der Waals surface area contributed by atoms with E-state index < -0.39 is 0 Å². The van der Waals surface area contributed by atoms with Gasteiger partial charge in [0.05, 0.1) is 6.33 Å². The third-order valence-corrected chi connectivity index (χ3v) is 3.27. The van der Waals surface area contributed by atoms with Crippen LogP contribution < -0.4 is 18.9 Å². The average molecular weight is 260 g/mol. The molecule has 0 amide bonds. The van der Waals surface area contributed by atoms with Crippen LogP contribution in [0.25, 0.3) is 0 Å². The molecule has 0 aliphatic rings. The van der Waals surface area contributed by atoms with Gasteiger partial charge < -0.3 is 10.7 Å². The van der Waals surface area contributed by atoms with Crippen molar-refractivity contribution in [3.05, 3.63) is 18.7 Å². The first kappa shape index (κ1) is 18.8. The Labute approximate surface area is 131 Å². The Morgan fingerprint density at radius 2 is 1.79 bits per heavy atom. The second-order valence-corrected chi connectivity index (χ2v) is 4.83. The molecule has 0 aromatic carbocycles. The number of hydrogen-bond acceptors (Lipinski definition) is 2. The molecule has 19 heavy (non-hydrogen) atoms. The maximum atomic E-state index is 5.75. The van der Waals surface area contributed by atoms with Crippen LogP contribution in [0.3, 0.4) is 0 Å². The van der Waals surface area contributed by atoms with Crippen LogP contribution in [0.4, 0.5) is 0 Å². The summed E-state index contributed by atoms with van der Waals surface area (Å²) in [7, 11) is 0. The van der Waals surface area contributed by atoms with E-state index in [4.69, 9.17) is 4.74 Å². The van der Waals surface area contributed by atoms with E-state index in [9.17, 15) is 0 Å². The Kier molecular flexibility index (Phi) is 12.6. The molecule has 0 spiro atoms. The summed E-state index contributed by atoms with van der Waals surface area (Å²) < 4.78 is 7.82. The Morgan fingerprint density at radius 3 is 2.37 bits per heavy atom. The fourth-order valence-electron chi connectivity index (χ4n) is 2.23. The van der Waals surface area contributed by atoms with Gasteiger partial charge in [0.25, 0.3) is 0 Å². The molecule has 0 N–H and O–H groups in total. The summed E-state index contributed by atoms with van der Waals surface area (Å²) in [5.74, 6) is 0. The Balaban J connectivity index is 0. The summed E-state index contributed by atoms with van der Waals surface area (Å²) >= 11 is 0. The molecule has 0 saturated heterocycles. The molecule has 0 fully saturated rings. The van der Waals surface area contributed by atoms with Gasteiger partial charge in [-0.05, 0) is 19.8 Å². The van der Waals surface area contributed by atoms with Crippen molar-refractivity contribution in [3.63, 3.8) is 0 Å². The minimum atomic E-state index is 0. The quantitative estimate of drug-likeness (QED) is 0.447. The normalized spacial score (nSPS) is 12.1. The van der Waals surface area contributed by atoms with Gasteiger partial charge in [-0.25, -0.2) is 4.98 Å². The van der Waals surface area contributed by atoms with Crippen molar-refractivity contribution in [2.24, 2.45) is 0 Å². The predicted molar refractivity (Wildman–Crippen MR) is 76.6 cm³/mol. The summed E-state index contributed by atoms with van der Waals surface area (Å²) in [6.07, 6.45) is 16.3. The molecule has 4 heteroatoms. The van der Waals surface area contributed by atoms with E-state index in [1.54, 1.807) is 0 Å². The van der Waals surface area contributed by atoms with E-state index in [1.165, 1.54) is 44.9 Å².